The Bertz CT molecular complexity index is 738. The Morgan fingerprint density at radius 1 is 1.43 bits per heavy atom. The fraction of sp³-hybridized carbons (Fsp3) is 0.462. The molecule has 2 aromatic rings. The van der Waals surface area contributed by atoms with Crippen LogP contribution in [-0.4, -0.2) is 42.3 Å². The maximum Gasteiger partial charge on any atom is 0.320 e. The average Bonchev–Trinajstić information content (AvgIpc) is 3.11. The van der Waals surface area contributed by atoms with Gasteiger partial charge < -0.3 is 4.90 Å². The zero-order valence-corrected chi connectivity index (χ0v) is 13.8. The number of nitro groups is 1. The van der Waals surface area contributed by atoms with Crippen molar-refractivity contribution in [2.24, 2.45) is 0 Å². The molecule has 0 N–H and O–H groups in total. The molecule has 0 unspecified atom stereocenters. The highest BCUT2D eigenvalue weighted by Crippen LogP contribution is 2.21. The molecular weight excluding hydrogens is 324 g/mol. The summed E-state index contributed by atoms with van der Waals surface area (Å²) in [6.07, 6.45) is 2.76. The van der Waals surface area contributed by atoms with E-state index in [0.717, 1.165) is 0 Å². The minimum atomic E-state index is -0.608. The first-order chi connectivity index (χ1) is 10.9. The smallest absolute Gasteiger partial charge is 0.320 e. The lowest BCUT2D eigenvalue weighted by atomic mass is 10.3. The molecule has 0 aliphatic carbocycles. The van der Waals surface area contributed by atoms with E-state index in [1.807, 2.05) is 6.92 Å². The van der Waals surface area contributed by atoms with Gasteiger partial charge in [-0.3, -0.25) is 24.3 Å². The maximum atomic E-state index is 12.5. The number of rotatable bonds is 6. The van der Waals surface area contributed by atoms with Crippen molar-refractivity contribution in [1.82, 2.24) is 24.5 Å². The lowest BCUT2D eigenvalue weighted by Gasteiger charge is -2.16. The van der Waals surface area contributed by atoms with Crippen LogP contribution >= 0.6 is 11.6 Å². The third kappa shape index (κ3) is 3.34. The van der Waals surface area contributed by atoms with Crippen molar-refractivity contribution in [3.63, 3.8) is 0 Å². The Labute approximate surface area is 137 Å². The van der Waals surface area contributed by atoms with Crippen molar-refractivity contribution in [1.29, 1.82) is 0 Å². The van der Waals surface area contributed by atoms with Crippen LogP contribution in [0.25, 0.3) is 0 Å². The van der Waals surface area contributed by atoms with Crippen LogP contribution in [0, 0.1) is 10.1 Å². The Kier molecular flexibility index (Phi) is 4.99. The van der Waals surface area contributed by atoms with Crippen LogP contribution < -0.4 is 0 Å². The zero-order chi connectivity index (χ0) is 17.1. The van der Waals surface area contributed by atoms with Gasteiger partial charge in [-0.1, -0.05) is 11.6 Å². The number of carbonyl (C=O) groups is 1. The third-order valence-electron chi connectivity index (χ3n) is 3.40. The molecule has 0 saturated carbocycles. The summed E-state index contributed by atoms with van der Waals surface area (Å²) in [5.41, 5.74) is 0.180. The Morgan fingerprint density at radius 3 is 2.70 bits per heavy atom. The standard InChI is InChI=1S/C13H17ClN6O3/c1-4-18-8-11(20(22)23)12(16-18)13(21)17(3)7-10-9(14)6-15-19(10)5-2/h6,8H,4-5,7H2,1-3H3. The van der Waals surface area contributed by atoms with E-state index in [1.54, 1.807) is 18.7 Å². The molecule has 0 atom stereocenters. The van der Waals surface area contributed by atoms with E-state index in [9.17, 15) is 14.9 Å². The van der Waals surface area contributed by atoms with Gasteiger partial charge >= 0.3 is 5.69 Å². The van der Waals surface area contributed by atoms with Crippen molar-refractivity contribution in [3.8, 4) is 0 Å². The number of amides is 1. The van der Waals surface area contributed by atoms with Gasteiger partial charge in [0.15, 0.2) is 0 Å². The van der Waals surface area contributed by atoms with Crippen molar-refractivity contribution in [2.45, 2.75) is 33.5 Å². The lowest BCUT2D eigenvalue weighted by molar-refractivity contribution is -0.385. The topological polar surface area (TPSA) is 99.1 Å². The first kappa shape index (κ1) is 16.9. The summed E-state index contributed by atoms with van der Waals surface area (Å²) in [4.78, 5) is 24.3. The number of aryl methyl sites for hydroxylation is 2. The minimum Gasteiger partial charge on any atom is -0.334 e. The molecule has 0 aliphatic heterocycles. The molecule has 23 heavy (non-hydrogen) atoms. The van der Waals surface area contributed by atoms with Crippen LogP contribution in [0.2, 0.25) is 5.02 Å². The van der Waals surface area contributed by atoms with Crippen LogP contribution in [0.4, 0.5) is 5.69 Å². The molecule has 124 valence electrons. The van der Waals surface area contributed by atoms with Gasteiger partial charge in [-0.25, -0.2) is 0 Å². The van der Waals surface area contributed by atoms with Crippen molar-refractivity contribution in [3.05, 3.63) is 38.9 Å². The minimum absolute atomic E-state index is 0.182. The summed E-state index contributed by atoms with van der Waals surface area (Å²) in [7, 11) is 1.54. The Hall–Kier alpha value is -2.42. The molecule has 0 aromatic carbocycles. The van der Waals surface area contributed by atoms with Crippen molar-refractivity contribution < 1.29 is 9.72 Å². The number of halogens is 1. The predicted octanol–water partition coefficient (Wildman–Crippen LogP) is 1.95. The van der Waals surface area contributed by atoms with Crippen LogP contribution in [0.3, 0.4) is 0 Å². The first-order valence-electron chi connectivity index (χ1n) is 7.06. The molecule has 9 nitrogen and oxygen atoms in total. The summed E-state index contributed by atoms with van der Waals surface area (Å²) in [6.45, 7) is 4.92. The summed E-state index contributed by atoms with van der Waals surface area (Å²) in [6, 6.07) is 0. The van der Waals surface area contributed by atoms with Gasteiger partial charge in [0.2, 0.25) is 5.69 Å². The third-order valence-corrected chi connectivity index (χ3v) is 3.71. The van der Waals surface area contributed by atoms with Crippen LogP contribution in [-0.2, 0) is 19.6 Å². The fourth-order valence-electron chi connectivity index (χ4n) is 2.15. The Balaban J connectivity index is 2.28. The largest absolute Gasteiger partial charge is 0.334 e. The van der Waals surface area contributed by atoms with Gasteiger partial charge in [-0.05, 0) is 13.8 Å². The van der Waals surface area contributed by atoms with E-state index in [1.165, 1.54) is 22.0 Å². The van der Waals surface area contributed by atoms with Gasteiger partial charge in [0, 0.05) is 20.1 Å². The monoisotopic (exact) mass is 340 g/mol. The number of carbonyl (C=O) groups excluding carboxylic acids is 1. The zero-order valence-electron chi connectivity index (χ0n) is 13.1. The van der Waals surface area contributed by atoms with Gasteiger partial charge in [0.25, 0.3) is 5.91 Å². The van der Waals surface area contributed by atoms with E-state index < -0.39 is 10.8 Å². The van der Waals surface area contributed by atoms with Gasteiger partial charge in [-0.15, -0.1) is 0 Å². The molecule has 2 aromatic heterocycles. The van der Waals surface area contributed by atoms with Crippen LogP contribution in [0.15, 0.2) is 12.4 Å². The first-order valence-corrected chi connectivity index (χ1v) is 7.44. The average molecular weight is 341 g/mol. The molecule has 2 heterocycles. The second-order valence-electron chi connectivity index (χ2n) is 4.89. The molecular formula is C13H17ClN6O3. The highest BCUT2D eigenvalue weighted by atomic mass is 35.5. The lowest BCUT2D eigenvalue weighted by Crippen LogP contribution is -2.28. The molecule has 2 rings (SSSR count). The molecule has 0 fully saturated rings. The van der Waals surface area contributed by atoms with Gasteiger partial charge in [0.05, 0.1) is 28.4 Å². The second-order valence-corrected chi connectivity index (χ2v) is 5.30. The SMILES string of the molecule is CCn1cc([N+](=O)[O-])c(C(=O)N(C)Cc2c(Cl)cnn2CC)n1. The number of hydrogen-bond acceptors (Lipinski definition) is 5. The molecule has 1 amide bonds. The van der Waals surface area contributed by atoms with Crippen LogP contribution in [0.5, 0.6) is 0 Å². The Morgan fingerprint density at radius 2 is 2.13 bits per heavy atom. The maximum absolute atomic E-state index is 12.5. The predicted molar refractivity (Wildman–Crippen MR) is 83.3 cm³/mol. The number of aromatic nitrogens is 4. The quantitative estimate of drug-likeness (QED) is 0.591. The molecule has 0 radical (unpaired) electrons. The highest BCUT2D eigenvalue weighted by molar-refractivity contribution is 6.31. The normalized spacial score (nSPS) is 10.8. The molecule has 10 heteroatoms. The molecule has 0 saturated heterocycles. The highest BCUT2D eigenvalue weighted by Gasteiger charge is 2.28. The van der Waals surface area contributed by atoms with E-state index in [0.29, 0.717) is 23.8 Å². The van der Waals surface area contributed by atoms with E-state index in [2.05, 4.69) is 10.2 Å². The van der Waals surface area contributed by atoms with Crippen molar-refractivity contribution in [2.75, 3.05) is 7.05 Å². The van der Waals surface area contributed by atoms with Gasteiger partial charge in [0.1, 0.15) is 6.20 Å². The molecule has 0 aliphatic rings. The number of nitrogens with zero attached hydrogens (tertiary/aromatic N) is 6. The molecule has 0 bridgehead atoms. The van der Waals surface area contributed by atoms with E-state index >= 15 is 0 Å². The van der Waals surface area contributed by atoms with E-state index in [4.69, 9.17) is 11.6 Å². The van der Waals surface area contributed by atoms with Crippen LogP contribution in [0.1, 0.15) is 30.0 Å². The van der Waals surface area contributed by atoms with Crippen molar-refractivity contribution >= 4 is 23.2 Å². The summed E-state index contributed by atoms with van der Waals surface area (Å²) >= 11 is 6.08. The summed E-state index contributed by atoms with van der Waals surface area (Å²) in [5.74, 6) is -0.538. The number of hydrogen-bond donors (Lipinski definition) is 0. The summed E-state index contributed by atoms with van der Waals surface area (Å²) < 4.78 is 3.04. The molecule has 0 spiro atoms. The van der Waals surface area contributed by atoms with E-state index in [-0.39, 0.29) is 17.9 Å². The summed E-state index contributed by atoms with van der Waals surface area (Å²) in [5, 5.41) is 19.6. The fourth-order valence-corrected chi connectivity index (χ4v) is 2.35. The second kappa shape index (κ2) is 6.78. The van der Waals surface area contributed by atoms with Gasteiger partial charge in [-0.2, -0.15) is 10.2 Å².